The minimum Gasteiger partial charge on any atom is -0.325 e. The molecule has 2 aromatic carbocycles. The highest BCUT2D eigenvalue weighted by molar-refractivity contribution is 6.02. The molecule has 130 valence electrons. The molecule has 1 aliphatic heterocycles. The zero-order chi connectivity index (χ0) is 18.1. The maximum atomic E-state index is 13.3. The Kier molecular flexibility index (Phi) is 4.57. The summed E-state index contributed by atoms with van der Waals surface area (Å²) >= 11 is 0. The Hall–Kier alpha value is -2.69. The van der Waals surface area contributed by atoms with Crippen LogP contribution >= 0.6 is 0 Å². The zero-order valence-corrected chi connectivity index (χ0v) is 14.6. The fourth-order valence-corrected chi connectivity index (χ4v) is 3.12. The van der Waals surface area contributed by atoms with Gasteiger partial charge in [0, 0.05) is 23.8 Å². The minimum atomic E-state index is -0.373. The molecular formula is C20H21FN2O2. The van der Waals surface area contributed by atoms with Gasteiger partial charge in [-0.3, -0.25) is 9.59 Å². The quantitative estimate of drug-likeness (QED) is 0.841. The van der Waals surface area contributed by atoms with Crippen LogP contribution in [-0.4, -0.2) is 35.8 Å². The van der Waals surface area contributed by atoms with E-state index < -0.39 is 0 Å². The number of halogens is 1. The first-order valence-corrected chi connectivity index (χ1v) is 8.31. The van der Waals surface area contributed by atoms with Gasteiger partial charge in [0.25, 0.3) is 5.91 Å². The van der Waals surface area contributed by atoms with Gasteiger partial charge in [-0.15, -0.1) is 0 Å². The molecule has 4 nitrogen and oxygen atoms in total. The highest BCUT2D eigenvalue weighted by Gasteiger charge is 2.34. The smallest absolute Gasteiger partial charge is 0.254 e. The Labute approximate surface area is 146 Å². The first-order valence-electron chi connectivity index (χ1n) is 8.31. The van der Waals surface area contributed by atoms with Crippen molar-refractivity contribution in [1.29, 1.82) is 0 Å². The van der Waals surface area contributed by atoms with Crippen molar-refractivity contribution in [3.05, 3.63) is 65.0 Å². The number of amides is 2. The third-order valence-corrected chi connectivity index (χ3v) is 4.61. The summed E-state index contributed by atoms with van der Waals surface area (Å²) in [6.07, 6.45) is 0. The lowest BCUT2D eigenvalue weighted by molar-refractivity contribution is -0.121. The lowest BCUT2D eigenvalue weighted by Crippen LogP contribution is -2.57. The first-order chi connectivity index (χ1) is 11.9. The Bertz CT molecular complexity index is 817. The van der Waals surface area contributed by atoms with Gasteiger partial charge in [-0.05, 0) is 56.7 Å². The van der Waals surface area contributed by atoms with Gasteiger partial charge < -0.3 is 9.80 Å². The van der Waals surface area contributed by atoms with Crippen molar-refractivity contribution >= 4 is 17.5 Å². The second-order valence-corrected chi connectivity index (χ2v) is 6.58. The molecule has 1 atom stereocenters. The molecule has 0 saturated carbocycles. The van der Waals surface area contributed by atoms with E-state index in [1.807, 2.05) is 38.1 Å². The zero-order valence-electron chi connectivity index (χ0n) is 14.6. The predicted molar refractivity (Wildman–Crippen MR) is 95.2 cm³/mol. The number of nitrogens with zero attached hydrogens (tertiary/aromatic N) is 2. The maximum Gasteiger partial charge on any atom is 0.254 e. The van der Waals surface area contributed by atoms with Gasteiger partial charge in [0.1, 0.15) is 12.4 Å². The molecule has 1 heterocycles. The summed E-state index contributed by atoms with van der Waals surface area (Å²) in [4.78, 5) is 28.7. The van der Waals surface area contributed by atoms with E-state index >= 15 is 0 Å². The third kappa shape index (κ3) is 3.40. The summed E-state index contributed by atoms with van der Waals surface area (Å²) in [6, 6.07) is 11.7. The molecule has 1 saturated heterocycles. The van der Waals surface area contributed by atoms with Crippen LogP contribution in [0.15, 0.2) is 42.5 Å². The fraction of sp³-hybridized carbons (Fsp3) is 0.300. The van der Waals surface area contributed by atoms with Crippen LogP contribution in [0.4, 0.5) is 10.1 Å². The van der Waals surface area contributed by atoms with E-state index in [4.69, 9.17) is 0 Å². The average molecular weight is 340 g/mol. The number of rotatable bonds is 2. The van der Waals surface area contributed by atoms with Crippen LogP contribution in [0.25, 0.3) is 0 Å². The Balaban J connectivity index is 1.81. The largest absolute Gasteiger partial charge is 0.325 e. The molecule has 3 rings (SSSR count). The number of carbonyl (C=O) groups is 2. The molecule has 0 spiro atoms. The van der Waals surface area contributed by atoms with Crippen molar-refractivity contribution in [3.63, 3.8) is 0 Å². The standard InChI is InChI=1S/C20H21FN2O2/c1-13-4-7-17(8-5-13)23-11-15(3)22(12-19(23)24)20(25)18-9-6-16(21)10-14(18)2/h4-10,15H,11-12H2,1-3H3/t15-/m0/s1. The molecule has 25 heavy (non-hydrogen) atoms. The van der Waals surface area contributed by atoms with Crippen molar-refractivity contribution in [2.45, 2.75) is 26.8 Å². The van der Waals surface area contributed by atoms with Gasteiger partial charge in [-0.1, -0.05) is 17.7 Å². The van der Waals surface area contributed by atoms with Gasteiger partial charge >= 0.3 is 0 Å². The first kappa shape index (κ1) is 17.1. The summed E-state index contributed by atoms with van der Waals surface area (Å²) < 4.78 is 13.3. The number of aryl methyl sites for hydroxylation is 2. The van der Waals surface area contributed by atoms with Gasteiger partial charge in [-0.25, -0.2) is 4.39 Å². The van der Waals surface area contributed by atoms with E-state index in [0.29, 0.717) is 17.7 Å². The second-order valence-electron chi connectivity index (χ2n) is 6.58. The van der Waals surface area contributed by atoms with Crippen molar-refractivity contribution in [2.24, 2.45) is 0 Å². The number of hydrogen-bond donors (Lipinski definition) is 0. The van der Waals surface area contributed by atoms with Crippen molar-refractivity contribution < 1.29 is 14.0 Å². The topological polar surface area (TPSA) is 40.6 Å². The van der Waals surface area contributed by atoms with Gasteiger partial charge in [0.2, 0.25) is 5.91 Å². The molecule has 0 unspecified atom stereocenters. The molecule has 0 aliphatic carbocycles. The van der Waals surface area contributed by atoms with Crippen LogP contribution in [0.1, 0.15) is 28.4 Å². The third-order valence-electron chi connectivity index (χ3n) is 4.61. The number of carbonyl (C=O) groups excluding carboxylic acids is 2. The average Bonchev–Trinajstić information content (AvgIpc) is 2.57. The number of piperazine rings is 1. The Morgan fingerprint density at radius 2 is 1.80 bits per heavy atom. The van der Waals surface area contributed by atoms with E-state index in [1.165, 1.54) is 18.2 Å². The van der Waals surface area contributed by atoms with Crippen molar-refractivity contribution in [1.82, 2.24) is 4.90 Å². The van der Waals surface area contributed by atoms with Crippen LogP contribution < -0.4 is 4.90 Å². The molecule has 2 amide bonds. The van der Waals surface area contributed by atoms with E-state index in [1.54, 1.807) is 16.7 Å². The second kappa shape index (κ2) is 6.67. The minimum absolute atomic E-state index is 0.0185. The van der Waals surface area contributed by atoms with E-state index in [-0.39, 0.29) is 30.2 Å². The van der Waals surface area contributed by atoms with Crippen molar-refractivity contribution in [3.8, 4) is 0 Å². The van der Waals surface area contributed by atoms with Crippen LogP contribution in [0.2, 0.25) is 0 Å². The fourth-order valence-electron chi connectivity index (χ4n) is 3.12. The number of anilines is 1. The highest BCUT2D eigenvalue weighted by Crippen LogP contribution is 2.23. The summed E-state index contributed by atoms with van der Waals surface area (Å²) in [5.74, 6) is -0.723. The maximum absolute atomic E-state index is 13.3. The normalized spacial score (nSPS) is 17.8. The molecule has 5 heteroatoms. The number of hydrogen-bond acceptors (Lipinski definition) is 2. The summed E-state index contributed by atoms with van der Waals surface area (Å²) in [5.41, 5.74) is 2.98. The molecule has 0 radical (unpaired) electrons. The predicted octanol–water partition coefficient (Wildman–Crippen LogP) is 3.32. The Morgan fingerprint density at radius 1 is 1.12 bits per heavy atom. The van der Waals surface area contributed by atoms with E-state index in [2.05, 4.69) is 0 Å². The molecule has 0 bridgehead atoms. The van der Waals surface area contributed by atoms with Crippen LogP contribution in [0.5, 0.6) is 0 Å². The van der Waals surface area contributed by atoms with Gasteiger partial charge in [-0.2, -0.15) is 0 Å². The molecule has 1 aliphatic rings. The molecule has 2 aromatic rings. The lowest BCUT2D eigenvalue weighted by atomic mass is 10.0. The molecule has 0 aromatic heterocycles. The number of benzene rings is 2. The van der Waals surface area contributed by atoms with Crippen LogP contribution in [0.3, 0.4) is 0 Å². The lowest BCUT2D eigenvalue weighted by Gasteiger charge is -2.39. The molecular weight excluding hydrogens is 319 g/mol. The Morgan fingerprint density at radius 3 is 2.44 bits per heavy atom. The van der Waals surface area contributed by atoms with Gasteiger partial charge in [0.05, 0.1) is 0 Å². The van der Waals surface area contributed by atoms with Crippen LogP contribution in [-0.2, 0) is 4.79 Å². The van der Waals surface area contributed by atoms with Crippen molar-refractivity contribution in [2.75, 3.05) is 18.0 Å². The monoisotopic (exact) mass is 340 g/mol. The van der Waals surface area contributed by atoms with Crippen LogP contribution in [0, 0.1) is 19.7 Å². The molecule has 1 fully saturated rings. The van der Waals surface area contributed by atoms with Gasteiger partial charge in [0.15, 0.2) is 0 Å². The molecule has 0 N–H and O–H groups in total. The van der Waals surface area contributed by atoms with E-state index in [9.17, 15) is 14.0 Å². The van der Waals surface area contributed by atoms with E-state index in [0.717, 1.165) is 11.3 Å². The summed E-state index contributed by atoms with van der Waals surface area (Å²) in [7, 11) is 0. The summed E-state index contributed by atoms with van der Waals surface area (Å²) in [6.45, 7) is 6.07. The SMILES string of the molecule is Cc1ccc(N2C[C@H](C)N(C(=O)c3ccc(F)cc3C)CC2=O)cc1. The highest BCUT2D eigenvalue weighted by atomic mass is 19.1. The summed E-state index contributed by atoms with van der Waals surface area (Å²) in [5, 5.41) is 0.